The molecule has 1 saturated heterocycles. The zero-order valence-electron chi connectivity index (χ0n) is 32.9. The molecule has 2 aromatic rings. The molecule has 3 fully saturated rings. The molecule has 14 nitrogen and oxygen atoms in total. The second-order valence-corrected chi connectivity index (χ2v) is 19.3. The number of benzene rings is 1. The molecular weight excluding hydrogens is 725 g/mol. The summed E-state index contributed by atoms with van der Waals surface area (Å²) in [5, 5.41) is 10.3. The molecule has 55 heavy (non-hydrogen) atoms. The van der Waals surface area contributed by atoms with Gasteiger partial charge in [0, 0.05) is 34.8 Å². The van der Waals surface area contributed by atoms with Gasteiger partial charge in [-0.25, -0.2) is 18.2 Å². The Bertz CT molecular complexity index is 1960. The number of hydrogen-bond donors (Lipinski definition) is 4. The minimum Gasteiger partial charge on any atom is -0.496 e. The molecule has 0 spiro atoms. The van der Waals surface area contributed by atoms with Crippen molar-refractivity contribution in [2.45, 2.75) is 127 Å². The highest BCUT2D eigenvalue weighted by molar-refractivity contribution is 7.91. The van der Waals surface area contributed by atoms with Crippen LogP contribution in [0.5, 0.6) is 11.6 Å². The molecule has 300 valence electrons. The third-order valence-electron chi connectivity index (χ3n) is 11.6. The summed E-state index contributed by atoms with van der Waals surface area (Å²) in [6, 6.07) is 4.75. The van der Waals surface area contributed by atoms with E-state index >= 15 is 0 Å². The second kappa shape index (κ2) is 15.3. The first kappa shape index (κ1) is 40.3. The number of hydrogen-bond acceptors (Lipinski definition) is 9. The number of pyridine rings is 1. The van der Waals surface area contributed by atoms with E-state index in [1.54, 1.807) is 20.2 Å². The summed E-state index contributed by atoms with van der Waals surface area (Å²) < 4.78 is 39.7. The molecule has 7 atom stereocenters. The molecule has 2 saturated carbocycles. The number of methoxy groups -OCH3 is 1. The molecule has 4 aliphatic rings. The largest absolute Gasteiger partial charge is 0.496 e. The number of nitrogens with zero attached hydrogens (tertiary/aromatic N) is 2. The number of carbonyl (C=O) groups is 4. The Morgan fingerprint density at radius 2 is 1.85 bits per heavy atom. The van der Waals surface area contributed by atoms with E-state index in [1.807, 2.05) is 64.1 Å². The zero-order valence-corrected chi connectivity index (χ0v) is 33.8. The molecule has 0 unspecified atom stereocenters. The summed E-state index contributed by atoms with van der Waals surface area (Å²) in [5.74, 6) is -1.41. The molecule has 15 heteroatoms. The Hall–Kier alpha value is -4.40. The molecule has 6 rings (SSSR count). The minimum atomic E-state index is -3.99. The molecule has 2 aliphatic heterocycles. The first-order chi connectivity index (χ1) is 25.9. The van der Waals surface area contributed by atoms with Crippen molar-refractivity contribution in [3.63, 3.8) is 0 Å². The van der Waals surface area contributed by atoms with Crippen LogP contribution < -0.4 is 30.1 Å². The molecule has 4 N–H and O–H groups in total. The third kappa shape index (κ3) is 8.56. The number of fused-ring (bicyclic) bond motifs is 3. The van der Waals surface area contributed by atoms with Gasteiger partial charge in [-0.3, -0.25) is 19.1 Å². The van der Waals surface area contributed by atoms with Crippen LogP contribution in [-0.4, -0.2) is 89.7 Å². The van der Waals surface area contributed by atoms with Crippen LogP contribution in [0, 0.1) is 17.8 Å². The highest BCUT2D eigenvalue weighted by Crippen LogP contribution is 2.47. The van der Waals surface area contributed by atoms with Crippen molar-refractivity contribution in [2.75, 3.05) is 13.7 Å². The molecule has 1 aromatic carbocycles. The molecule has 0 radical (unpaired) electrons. The first-order valence-corrected chi connectivity index (χ1v) is 20.9. The molecular formula is C40H56N6O8S. The van der Waals surface area contributed by atoms with Gasteiger partial charge in [0.2, 0.25) is 27.7 Å². The van der Waals surface area contributed by atoms with Crippen LogP contribution >= 0.6 is 0 Å². The van der Waals surface area contributed by atoms with Crippen molar-refractivity contribution >= 4 is 44.5 Å². The lowest BCUT2D eigenvalue weighted by Crippen LogP contribution is -2.60. The molecule has 2 aliphatic carbocycles. The smallest absolute Gasteiger partial charge is 0.315 e. The summed E-state index contributed by atoms with van der Waals surface area (Å²) in [6.07, 6.45) is 8.65. The number of nitrogens with one attached hydrogen (secondary N) is 4. The molecule has 5 amide bonds. The highest BCUT2D eigenvalue weighted by atomic mass is 32.2. The number of amides is 5. The summed E-state index contributed by atoms with van der Waals surface area (Å²) in [7, 11) is -2.42. The number of aromatic nitrogens is 1. The summed E-state index contributed by atoms with van der Waals surface area (Å²) in [4.78, 5) is 62.8. The third-order valence-corrected chi connectivity index (χ3v) is 13.8. The summed E-state index contributed by atoms with van der Waals surface area (Å²) in [5.41, 5.74) is -2.09. The van der Waals surface area contributed by atoms with Crippen molar-refractivity contribution in [3.8, 4) is 11.6 Å². The van der Waals surface area contributed by atoms with E-state index in [0.29, 0.717) is 49.1 Å². The number of carbonyl (C=O) groups excluding carboxylic acids is 4. The predicted octanol–water partition coefficient (Wildman–Crippen LogP) is 4.33. The van der Waals surface area contributed by atoms with Crippen molar-refractivity contribution in [1.82, 2.24) is 30.6 Å². The van der Waals surface area contributed by atoms with E-state index < -0.39 is 73.7 Å². The lowest BCUT2D eigenvalue weighted by Gasteiger charge is -2.34. The average Bonchev–Trinajstić information content (AvgIpc) is 4.00. The van der Waals surface area contributed by atoms with Crippen LogP contribution in [0.15, 0.2) is 42.6 Å². The number of rotatable bonds is 8. The van der Waals surface area contributed by atoms with Crippen LogP contribution in [0.25, 0.3) is 10.8 Å². The fourth-order valence-corrected chi connectivity index (χ4v) is 9.23. The van der Waals surface area contributed by atoms with Crippen LogP contribution in [0.4, 0.5) is 4.79 Å². The van der Waals surface area contributed by atoms with Gasteiger partial charge in [-0.1, -0.05) is 38.5 Å². The number of ether oxygens (including phenoxy) is 2. The quantitative estimate of drug-likeness (QED) is 0.283. The van der Waals surface area contributed by atoms with Crippen LogP contribution in [0.1, 0.15) is 92.9 Å². The normalized spacial score (nSPS) is 30.1. The monoisotopic (exact) mass is 780 g/mol. The Labute approximate surface area is 324 Å². The lowest BCUT2D eigenvalue weighted by atomic mass is 9.85. The number of urea groups is 1. The summed E-state index contributed by atoms with van der Waals surface area (Å²) in [6.45, 7) is 11.3. The topological polar surface area (TPSA) is 185 Å². The van der Waals surface area contributed by atoms with E-state index in [9.17, 15) is 27.6 Å². The van der Waals surface area contributed by atoms with Gasteiger partial charge in [-0.2, -0.15) is 0 Å². The van der Waals surface area contributed by atoms with Crippen molar-refractivity contribution in [1.29, 1.82) is 0 Å². The Morgan fingerprint density at radius 3 is 2.53 bits per heavy atom. The summed E-state index contributed by atoms with van der Waals surface area (Å²) >= 11 is 0. The molecule has 0 bridgehead atoms. The Balaban J connectivity index is 1.37. The van der Waals surface area contributed by atoms with Gasteiger partial charge in [-0.05, 0) is 96.3 Å². The number of allylic oxidation sites excluding steroid dienone is 1. The van der Waals surface area contributed by atoms with Crippen LogP contribution in [0.3, 0.4) is 0 Å². The van der Waals surface area contributed by atoms with E-state index in [0.717, 1.165) is 11.8 Å². The van der Waals surface area contributed by atoms with E-state index in [4.69, 9.17) is 9.47 Å². The first-order valence-electron chi connectivity index (χ1n) is 19.4. The van der Waals surface area contributed by atoms with Gasteiger partial charge >= 0.3 is 6.03 Å². The van der Waals surface area contributed by atoms with Gasteiger partial charge in [-0.15, -0.1) is 0 Å². The maximum atomic E-state index is 14.9. The van der Waals surface area contributed by atoms with Crippen molar-refractivity contribution in [2.24, 2.45) is 17.8 Å². The Morgan fingerprint density at radius 1 is 1.11 bits per heavy atom. The molecule has 3 heterocycles. The lowest BCUT2D eigenvalue weighted by molar-refractivity contribution is -0.142. The van der Waals surface area contributed by atoms with E-state index in [1.165, 1.54) is 4.90 Å². The standard InChI is InChI=1S/C40H56N6O8S/c1-8-25-20-24(2)12-9-10-13-26-22-40(26,36(49)45-55(51,52)39(6)17-18-39)43-33(47)30-21-27(23-46(30)35(48)32(25)42-37(50)44-38(3,4)5)54-34-29-14-11-15-31(53-7)28(29)16-19-41-34/h10-11,13-16,19,24-27,30,32H,8-9,12,17-18,20-23H2,1-7H3,(H,43,47)(H,45,49)(H2,42,44,50)/b13-10-/t24-,25+,26+,27+,30-,32-,40+/m0/s1. The van der Waals surface area contributed by atoms with Crippen LogP contribution in [-0.2, 0) is 24.4 Å². The maximum absolute atomic E-state index is 14.9. The van der Waals surface area contributed by atoms with Crippen molar-refractivity contribution < 1.29 is 37.1 Å². The maximum Gasteiger partial charge on any atom is 0.315 e. The highest BCUT2D eigenvalue weighted by Gasteiger charge is 2.63. The second-order valence-electron chi connectivity index (χ2n) is 17.2. The van der Waals surface area contributed by atoms with Gasteiger partial charge in [0.15, 0.2) is 0 Å². The van der Waals surface area contributed by atoms with E-state index in [-0.39, 0.29) is 31.2 Å². The number of sulfonamides is 1. The predicted molar refractivity (Wildman–Crippen MR) is 208 cm³/mol. The Kier molecular flexibility index (Phi) is 11.2. The fraction of sp³-hybridized carbons (Fsp3) is 0.625. The van der Waals surface area contributed by atoms with Crippen molar-refractivity contribution in [3.05, 3.63) is 42.6 Å². The SMILES string of the molecule is CC[C@@H]1C[C@@H](C)CC/C=C\[C@@H]2C[C@@]2(C(=O)NS(=O)(=O)C2(C)CC2)NC(=O)[C@@H]2C[C@@H](Oc3nccc4c(OC)cccc34)CN2C(=O)[C@H]1NC(=O)NC(C)(C)C. The molecule has 1 aromatic heterocycles. The minimum absolute atomic E-state index is 0.000719. The van der Waals surface area contributed by atoms with Gasteiger partial charge in [0.1, 0.15) is 29.5 Å². The van der Waals surface area contributed by atoms with Gasteiger partial charge in [0.25, 0.3) is 5.91 Å². The van der Waals surface area contributed by atoms with Gasteiger partial charge in [0.05, 0.1) is 18.4 Å². The van der Waals surface area contributed by atoms with Crippen LogP contribution in [0.2, 0.25) is 0 Å². The average molecular weight is 781 g/mol. The zero-order chi connectivity index (χ0) is 39.9. The van der Waals surface area contributed by atoms with E-state index in [2.05, 4.69) is 32.6 Å². The fourth-order valence-electron chi connectivity index (χ4n) is 7.91. The van der Waals surface area contributed by atoms with Gasteiger partial charge < -0.3 is 30.3 Å².